The summed E-state index contributed by atoms with van der Waals surface area (Å²) in [6.45, 7) is 2.80. The Kier molecular flexibility index (Phi) is 11.8. The van der Waals surface area contributed by atoms with E-state index in [9.17, 15) is 9.59 Å². The number of hydrogen-bond donors (Lipinski definition) is 4. The van der Waals surface area contributed by atoms with Crippen molar-refractivity contribution in [1.29, 1.82) is 0 Å². The van der Waals surface area contributed by atoms with Crippen LogP contribution in [0.3, 0.4) is 0 Å². The summed E-state index contributed by atoms with van der Waals surface area (Å²) in [7, 11) is 3.25. The molecule has 0 radical (unpaired) electrons. The van der Waals surface area contributed by atoms with Gasteiger partial charge in [-0.25, -0.2) is 4.79 Å². The normalized spacial score (nSPS) is 10.6. The summed E-state index contributed by atoms with van der Waals surface area (Å²) in [5.41, 5.74) is 3.57. The Morgan fingerprint density at radius 1 is 0.929 bits per heavy atom. The van der Waals surface area contributed by atoms with E-state index in [1.54, 1.807) is 32.4 Å². The summed E-state index contributed by atoms with van der Waals surface area (Å²) in [4.78, 5) is 26.2. The van der Waals surface area contributed by atoms with E-state index < -0.39 is 0 Å². The minimum atomic E-state index is -0.313. The Balaban J connectivity index is 1.27. The first-order valence-corrected chi connectivity index (χ1v) is 14.2. The van der Waals surface area contributed by atoms with Crippen LogP contribution in [0.15, 0.2) is 76.5 Å². The van der Waals surface area contributed by atoms with E-state index in [1.165, 1.54) is 11.8 Å². The lowest BCUT2D eigenvalue weighted by Crippen LogP contribution is -2.31. The van der Waals surface area contributed by atoms with Gasteiger partial charge in [0.05, 0.1) is 44.1 Å². The molecule has 0 aliphatic heterocycles. The fraction of sp³-hybridized carbons (Fsp3) is 0.258. The molecule has 0 aliphatic carbocycles. The van der Waals surface area contributed by atoms with Gasteiger partial charge in [0.25, 0.3) is 5.91 Å². The van der Waals surface area contributed by atoms with Crippen LogP contribution in [0.25, 0.3) is 10.9 Å². The first kappa shape index (κ1) is 30.6. The van der Waals surface area contributed by atoms with Crippen LogP contribution in [0, 0.1) is 11.8 Å². The Labute approximate surface area is 248 Å². The standard InChI is InChI=1S/C31H33N5O5S/c1-32-30(37)26-5-3-4-6-29(26)42-24-12-13-25-27(35-36-28(25)21-24)14-9-22-7-10-23(11-8-22)34-31(38)33-15-16-40-19-20-41-18-17-39-2/h3-8,10-13,21H,15-20H2,1-2H3,(H,32,37)(H,35,36)(H2,33,34,38). The Hall–Kier alpha value is -4.34. The molecule has 0 atom stereocenters. The molecular formula is C31H33N5O5S. The highest BCUT2D eigenvalue weighted by Gasteiger charge is 2.12. The SMILES string of the molecule is CNC(=O)c1ccccc1Sc1ccc2c(C#Cc3ccc(NC(=O)NCCOCCOCCOC)cc3)[nH]nc2c1. The number of aromatic nitrogens is 2. The van der Waals surface area contributed by atoms with E-state index in [-0.39, 0.29) is 11.9 Å². The number of urea groups is 1. The molecule has 1 heterocycles. The molecule has 3 aromatic carbocycles. The van der Waals surface area contributed by atoms with E-state index >= 15 is 0 Å². The molecule has 0 spiro atoms. The molecule has 1 aromatic heterocycles. The highest BCUT2D eigenvalue weighted by atomic mass is 32.2. The van der Waals surface area contributed by atoms with E-state index in [0.29, 0.717) is 56.5 Å². The topological polar surface area (TPSA) is 127 Å². The lowest BCUT2D eigenvalue weighted by molar-refractivity contribution is 0.0260. The third-order valence-corrected chi connectivity index (χ3v) is 6.99. The minimum Gasteiger partial charge on any atom is -0.382 e. The van der Waals surface area contributed by atoms with Crippen LogP contribution in [0.2, 0.25) is 0 Å². The number of benzene rings is 3. The molecular weight excluding hydrogens is 554 g/mol. The number of carbonyl (C=O) groups excluding carboxylic acids is 2. The van der Waals surface area contributed by atoms with Crippen LogP contribution in [0.4, 0.5) is 10.5 Å². The maximum Gasteiger partial charge on any atom is 0.319 e. The molecule has 0 saturated carbocycles. The molecule has 11 heteroatoms. The largest absolute Gasteiger partial charge is 0.382 e. The van der Waals surface area contributed by atoms with Crippen molar-refractivity contribution in [2.24, 2.45) is 0 Å². The van der Waals surface area contributed by atoms with Crippen LogP contribution in [-0.2, 0) is 14.2 Å². The third-order valence-electron chi connectivity index (χ3n) is 5.92. The second kappa shape index (κ2) is 16.2. The molecule has 10 nitrogen and oxygen atoms in total. The van der Waals surface area contributed by atoms with E-state index in [2.05, 4.69) is 38.0 Å². The fourth-order valence-electron chi connectivity index (χ4n) is 3.80. The molecule has 0 aliphatic rings. The lowest BCUT2D eigenvalue weighted by Gasteiger charge is -2.08. The average Bonchev–Trinajstić information content (AvgIpc) is 3.42. The highest BCUT2D eigenvalue weighted by molar-refractivity contribution is 7.99. The molecule has 218 valence electrons. The van der Waals surface area contributed by atoms with E-state index in [4.69, 9.17) is 14.2 Å². The number of anilines is 1. The van der Waals surface area contributed by atoms with Crippen molar-refractivity contribution in [3.63, 3.8) is 0 Å². The van der Waals surface area contributed by atoms with Gasteiger partial charge in [-0.05, 0) is 60.5 Å². The summed E-state index contributed by atoms with van der Waals surface area (Å²) in [5, 5.41) is 16.6. The summed E-state index contributed by atoms with van der Waals surface area (Å²) >= 11 is 1.51. The number of H-pyrrole nitrogens is 1. The second-order valence-corrected chi connectivity index (χ2v) is 10.00. The Morgan fingerprint density at radius 2 is 1.69 bits per heavy atom. The number of ether oxygens (including phenoxy) is 3. The number of hydrogen-bond acceptors (Lipinski definition) is 7. The van der Waals surface area contributed by atoms with Crippen molar-refractivity contribution < 1.29 is 23.8 Å². The number of nitrogens with one attached hydrogen (secondary N) is 4. The van der Waals surface area contributed by atoms with Crippen LogP contribution < -0.4 is 16.0 Å². The summed E-state index contributed by atoms with van der Waals surface area (Å²) in [6.07, 6.45) is 0. The van der Waals surface area contributed by atoms with Crippen LogP contribution in [0.5, 0.6) is 0 Å². The Morgan fingerprint density at radius 3 is 2.48 bits per heavy atom. The number of carbonyl (C=O) groups is 2. The van der Waals surface area contributed by atoms with Gasteiger partial charge in [0.15, 0.2) is 0 Å². The van der Waals surface area contributed by atoms with Gasteiger partial charge in [-0.15, -0.1) is 0 Å². The zero-order chi connectivity index (χ0) is 29.6. The van der Waals surface area contributed by atoms with Crippen molar-refractivity contribution in [2.75, 3.05) is 59.1 Å². The van der Waals surface area contributed by atoms with Crippen LogP contribution in [0.1, 0.15) is 21.6 Å². The van der Waals surface area contributed by atoms with E-state index in [0.717, 1.165) is 26.3 Å². The number of aromatic amines is 1. The van der Waals surface area contributed by atoms with Crippen molar-refractivity contribution in [1.82, 2.24) is 20.8 Å². The zero-order valence-corrected chi connectivity index (χ0v) is 24.3. The summed E-state index contributed by atoms with van der Waals surface area (Å²) in [5.74, 6) is 6.16. The van der Waals surface area contributed by atoms with Gasteiger partial charge in [0.1, 0.15) is 5.69 Å². The molecule has 4 aromatic rings. The zero-order valence-electron chi connectivity index (χ0n) is 23.5. The first-order chi connectivity index (χ1) is 20.6. The van der Waals surface area contributed by atoms with Gasteiger partial charge in [0.2, 0.25) is 0 Å². The van der Waals surface area contributed by atoms with Crippen molar-refractivity contribution >= 4 is 40.3 Å². The maximum absolute atomic E-state index is 12.2. The number of amides is 3. The second-order valence-electron chi connectivity index (χ2n) is 8.88. The average molecular weight is 588 g/mol. The van der Waals surface area contributed by atoms with Crippen molar-refractivity contribution in [3.05, 3.63) is 83.6 Å². The summed E-state index contributed by atoms with van der Waals surface area (Å²) < 4.78 is 15.6. The molecule has 3 amide bonds. The smallest absolute Gasteiger partial charge is 0.319 e. The maximum atomic E-state index is 12.2. The van der Waals surface area contributed by atoms with Crippen LogP contribution >= 0.6 is 11.8 Å². The van der Waals surface area contributed by atoms with Crippen LogP contribution in [-0.4, -0.2) is 75.9 Å². The monoisotopic (exact) mass is 587 g/mol. The molecule has 4 rings (SSSR count). The first-order valence-electron chi connectivity index (χ1n) is 13.4. The van der Waals surface area contributed by atoms with Gasteiger partial charge >= 0.3 is 6.03 Å². The molecule has 0 unspecified atom stereocenters. The molecule has 4 N–H and O–H groups in total. The predicted octanol–water partition coefficient (Wildman–Crippen LogP) is 4.27. The lowest BCUT2D eigenvalue weighted by atomic mass is 10.2. The quantitative estimate of drug-likeness (QED) is 0.136. The van der Waals surface area contributed by atoms with Gasteiger partial charge in [-0.2, -0.15) is 5.10 Å². The van der Waals surface area contributed by atoms with E-state index in [1.807, 2.05) is 48.5 Å². The van der Waals surface area contributed by atoms with Gasteiger partial charge in [0, 0.05) is 47.1 Å². The van der Waals surface area contributed by atoms with Gasteiger partial charge in [-0.1, -0.05) is 29.8 Å². The predicted molar refractivity (Wildman–Crippen MR) is 163 cm³/mol. The van der Waals surface area contributed by atoms with Crippen molar-refractivity contribution in [2.45, 2.75) is 9.79 Å². The number of methoxy groups -OCH3 is 1. The highest BCUT2D eigenvalue weighted by Crippen LogP contribution is 2.32. The number of fused-ring (bicyclic) bond motifs is 1. The molecule has 42 heavy (non-hydrogen) atoms. The molecule has 0 fully saturated rings. The molecule has 0 bridgehead atoms. The van der Waals surface area contributed by atoms with Crippen molar-refractivity contribution in [3.8, 4) is 11.8 Å². The Bertz CT molecular complexity index is 1540. The van der Waals surface area contributed by atoms with Gasteiger partial charge in [-0.3, -0.25) is 9.89 Å². The molecule has 0 saturated heterocycles. The summed E-state index contributed by atoms with van der Waals surface area (Å²) in [6, 6.07) is 20.4. The van der Waals surface area contributed by atoms with Gasteiger partial charge < -0.3 is 30.2 Å². The third kappa shape index (κ3) is 9.09. The number of nitrogens with zero attached hydrogens (tertiary/aromatic N) is 1. The minimum absolute atomic E-state index is 0.124. The number of rotatable bonds is 13. The fourth-order valence-corrected chi connectivity index (χ4v) is 4.78.